The Morgan fingerprint density at radius 3 is 2.16 bits per heavy atom. The van der Waals surface area contributed by atoms with Crippen molar-refractivity contribution in [2.24, 2.45) is 0 Å². The normalized spacial score (nSPS) is 9.47. The first-order valence-electron chi connectivity index (χ1n) is 5.43. The van der Waals surface area contributed by atoms with Crippen LogP contribution in [0.4, 0.5) is 0 Å². The van der Waals surface area contributed by atoms with E-state index in [2.05, 4.69) is 0 Å². The second-order valence-corrected chi connectivity index (χ2v) is 3.84. The molecule has 0 N–H and O–H groups in total. The van der Waals surface area contributed by atoms with Crippen molar-refractivity contribution in [3.05, 3.63) is 70.9 Å². The van der Waals surface area contributed by atoms with Crippen LogP contribution in [0.1, 0.15) is 14.9 Å². The van der Waals surface area contributed by atoms with Gasteiger partial charge in [-0.2, -0.15) is 0 Å². The molecular weight excluding hydrogens is 236 g/mol. The topological polar surface area (TPSA) is 30.2 Å². The molecule has 0 saturated carbocycles. The van der Waals surface area contributed by atoms with E-state index in [4.69, 9.17) is 4.42 Å². The van der Waals surface area contributed by atoms with Crippen LogP contribution < -0.4 is 5.43 Å². The molecule has 0 spiro atoms. The van der Waals surface area contributed by atoms with Crippen molar-refractivity contribution in [1.82, 2.24) is 0 Å². The fourth-order valence-corrected chi connectivity index (χ4v) is 1.85. The van der Waals surface area contributed by atoms with Gasteiger partial charge in [-0.25, -0.2) is 0 Å². The highest BCUT2D eigenvalue weighted by atomic mass is 16.3. The predicted octanol–water partition coefficient (Wildman–Crippen LogP) is 4.73. The molecule has 0 fully saturated rings. The van der Waals surface area contributed by atoms with E-state index in [9.17, 15) is 4.79 Å². The molecule has 19 heavy (non-hydrogen) atoms. The molecule has 1 aromatic heterocycles. The summed E-state index contributed by atoms with van der Waals surface area (Å²) in [5.41, 5.74) is 1.53. The van der Waals surface area contributed by atoms with Crippen molar-refractivity contribution in [2.75, 3.05) is 0 Å². The van der Waals surface area contributed by atoms with E-state index in [0.29, 0.717) is 16.7 Å². The second-order valence-electron chi connectivity index (χ2n) is 3.84. The number of fused-ring (bicyclic) bond motifs is 1. The van der Waals surface area contributed by atoms with Crippen LogP contribution in [0.15, 0.2) is 69.9 Å². The lowest BCUT2D eigenvalue weighted by molar-refractivity contribution is 0.619. The Labute approximate surface area is 113 Å². The quantitative estimate of drug-likeness (QED) is 0.628. The van der Waals surface area contributed by atoms with Gasteiger partial charge in [0, 0.05) is 11.6 Å². The molecule has 0 unspecified atom stereocenters. The van der Waals surface area contributed by atoms with Gasteiger partial charge in [0.05, 0.1) is 5.39 Å². The highest BCUT2D eigenvalue weighted by molar-refractivity contribution is 5.78. The first-order chi connectivity index (χ1) is 8.34. The molecule has 2 heteroatoms. The van der Waals surface area contributed by atoms with E-state index in [-0.39, 0.29) is 20.3 Å². The third-order valence-electron chi connectivity index (χ3n) is 2.69. The van der Waals surface area contributed by atoms with Gasteiger partial charge in [-0.1, -0.05) is 57.3 Å². The van der Waals surface area contributed by atoms with E-state index in [0.717, 1.165) is 5.56 Å². The van der Waals surface area contributed by atoms with Crippen molar-refractivity contribution in [2.45, 2.75) is 14.9 Å². The summed E-state index contributed by atoms with van der Waals surface area (Å²) in [4.78, 5) is 11.9. The average molecular weight is 254 g/mol. The molecule has 0 saturated heterocycles. The molecule has 1 heterocycles. The number of hydrogen-bond donors (Lipinski definition) is 0. The molecule has 0 bridgehead atoms. The number of hydrogen-bond acceptors (Lipinski definition) is 2. The Bertz CT molecular complexity index is 712. The minimum absolute atomic E-state index is 0. The molecule has 3 rings (SSSR count). The minimum Gasteiger partial charge on any atom is -0.456 e. The third kappa shape index (κ3) is 2.74. The van der Waals surface area contributed by atoms with Crippen LogP contribution in [0, 0.1) is 0 Å². The van der Waals surface area contributed by atoms with Gasteiger partial charge in [-0.3, -0.25) is 4.79 Å². The van der Waals surface area contributed by atoms with E-state index < -0.39 is 0 Å². The van der Waals surface area contributed by atoms with Crippen molar-refractivity contribution >= 4 is 11.0 Å². The van der Waals surface area contributed by atoms with Crippen LogP contribution in [0.3, 0.4) is 0 Å². The molecule has 98 valence electrons. The lowest BCUT2D eigenvalue weighted by Gasteiger charge is -2.02. The van der Waals surface area contributed by atoms with Gasteiger partial charge in [0.25, 0.3) is 0 Å². The van der Waals surface area contributed by atoms with E-state index in [1.807, 2.05) is 48.5 Å². The molecule has 2 aromatic carbocycles. The Kier molecular flexibility index (Phi) is 4.65. The van der Waals surface area contributed by atoms with Gasteiger partial charge < -0.3 is 4.42 Å². The smallest absolute Gasteiger partial charge is 0.193 e. The van der Waals surface area contributed by atoms with E-state index >= 15 is 0 Å². The first kappa shape index (κ1) is 14.7. The standard InChI is InChI=1S/C15H10O2.2CH4/c16-13-10-15(11-6-2-1-3-7-11)17-14-9-5-4-8-12(13)14;;/h1-10H;2*1H4. The van der Waals surface area contributed by atoms with Gasteiger partial charge in [-0.05, 0) is 12.1 Å². The summed E-state index contributed by atoms with van der Waals surface area (Å²) < 4.78 is 5.73. The Hall–Kier alpha value is -2.35. The largest absolute Gasteiger partial charge is 0.456 e. The Morgan fingerprint density at radius 2 is 1.42 bits per heavy atom. The summed E-state index contributed by atoms with van der Waals surface area (Å²) in [6, 6.07) is 18.4. The maximum atomic E-state index is 11.9. The summed E-state index contributed by atoms with van der Waals surface area (Å²) in [6.45, 7) is 0. The summed E-state index contributed by atoms with van der Waals surface area (Å²) in [5.74, 6) is 0.606. The predicted molar refractivity (Wildman–Crippen MR) is 81.4 cm³/mol. The molecule has 0 amide bonds. The third-order valence-corrected chi connectivity index (χ3v) is 2.69. The molecule has 0 atom stereocenters. The summed E-state index contributed by atoms with van der Waals surface area (Å²) in [5, 5.41) is 0.618. The van der Waals surface area contributed by atoms with Crippen molar-refractivity contribution in [3.63, 3.8) is 0 Å². The lowest BCUT2D eigenvalue weighted by atomic mass is 10.1. The molecule has 0 aliphatic rings. The van der Waals surface area contributed by atoms with Gasteiger partial charge in [-0.15, -0.1) is 0 Å². The van der Waals surface area contributed by atoms with Gasteiger partial charge in [0.1, 0.15) is 11.3 Å². The highest BCUT2D eigenvalue weighted by Crippen LogP contribution is 2.21. The SMILES string of the molecule is C.C.O=c1cc(-c2ccccc2)oc2ccccc12. The fraction of sp³-hybridized carbons (Fsp3) is 0.118. The first-order valence-corrected chi connectivity index (χ1v) is 5.43. The van der Waals surface area contributed by atoms with E-state index in [1.54, 1.807) is 6.07 Å². The lowest BCUT2D eigenvalue weighted by Crippen LogP contribution is -1.99. The number of benzene rings is 2. The van der Waals surface area contributed by atoms with Crippen molar-refractivity contribution in [3.8, 4) is 11.3 Å². The zero-order valence-electron chi connectivity index (χ0n) is 9.09. The maximum absolute atomic E-state index is 11.9. The van der Waals surface area contributed by atoms with Crippen LogP contribution in [0.2, 0.25) is 0 Å². The number of para-hydroxylation sites is 1. The Morgan fingerprint density at radius 1 is 0.789 bits per heavy atom. The summed E-state index contributed by atoms with van der Waals surface area (Å²) in [7, 11) is 0. The van der Waals surface area contributed by atoms with Crippen molar-refractivity contribution < 1.29 is 4.42 Å². The summed E-state index contributed by atoms with van der Waals surface area (Å²) in [6.07, 6.45) is 0. The average Bonchev–Trinajstić information content (AvgIpc) is 2.40. The Balaban J connectivity index is 0.000000902. The van der Waals surface area contributed by atoms with Gasteiger partial charge in [0.2, 0.25) is 0 Å². The van der Waals surface area contributed by atoms with E-state index in [1.165, 1.54) is 6.07 Å². The minimum atomic E-state index is -0.00861. The van der Waals surface area contributed by atoms with Gasteiger partial charge >= 0.3 is 0 Å². The second kappa shape index (κ2) is 6.01. The van der Waals surface area contributed by atoms with Crippen LogP contribution in [0.25, 0.3) is 22.3 Å². The van der Waals surface area contributed by atoms with Crippen LogP contribution >= 0.6 is 0 Å². The van der Waals surface area contributed by atoms with Crippen LogP contribution in [-0.2, 0) is 0 Å². The monoisotopic (exact) mass is 254 g/mol. The molecular formula is C17H18O2. The number of rotatable bonds is 1. The highest BCUT2D eigenvalue weighted by Gasteiger charge is 2.05. The molecule has 3 aromatic rings. The van der Waals surface area contributed by atoms with Crippen LogP contribution in [-0.4, -0.2) is 0 Å². The molecule has 0 aliphatic heterocycles. The summed E-state index contributed by atoms with van der Waals surface area (Å²) >= 11 is 0. The zero-order chi connectivity index (χ0) is 11.7. The zero-order valence-corrected chi connectivity index (χ0v) is 9.09. The fourth-order valence-electron chi connectivity index (χ4n) is 1.85. The molecule has 0 aliphatic carbocycles. The van der Waals surface area contributed by atoms with Crippen molar-refractivity contribution in [1.29, 1.82) is 0 Å². The molecule has 2 nitrogen and oxygen atoms in total. The van der Waals surface area contributed by atoms with Crippen LogP contribution in [0.5, 0.6) is 0 Å². The van der Waals surface area contributed by atoms with Gasteiger partial charge in [0.15, 0.2) is 5.43 Å². The maximum Gasteiger partial charge on any atom is 0.193 e. The molecule has 0 radical (unpaired) electrons.